The lowest BCUT2D eigenvalue weighted by atomic mass is 10.1. The lowest BCUT2D eigenvalue weighted by molar-refractivity contribution is -0.137. The van der Waals surface area contributed by atoms with Gasteiger partial charge in [-0.3, -0.25) is 0 Å². The monoisotopic (exact) mass is 286 g/mol. The van der Waals surface area contributed by atoms with Gasteiger partial charge in [-0.2, -0.15) is 13.2 Å². The normalized spacial score (nSPS) is 11.7. The molecule has 0 aliphatic heterocycles. The van der Waals surface area contributed by atoms with E-state index in [0.29, 0.717) is 22.6 Å². The van der Waals surface area contributed by atoms with Gasteiger partial charge in [-0.1, -0.05) is 23.7 Å². The summed E-state index contributed by atoms with van der Waals surface area (Å²) in [7, 11) is 0. The molecule has 0 unspecified atom stereocenters. The van der Waals surface area contributed by atoms with Gasteiger partial charge in [0.15, 0.2) is 5.15 Å². The van der Waals surface area contributed by atoms with Crippen molar-refractivity contribution in [3.8, 4) is 11.3 Å². The number of rotatable bonds is 1. The number of aryl methyl sites for hydroxylation is 2. The molecular weight excluding hydrogens is 277 g/mol. The first-order valence-corrected chi connectivity index (χ1v) is 5.85. The molecule has 2 nitrogen and oxygen atoms in total. The lowest BCUT2D eigenvalue weighted by Gasteiger charge is -2.09. The third kappa shape index (κ3) is 2.87. The van der Waals surface area contributed by atoms with Gasteiger partial charge in [0.25, 0.3) is 0 Å². The van der Waals surface area contributed by atoms with Crippen LogP contribution in [0.2, 0.25) is 5.15 Å². The number of aromatic nitrogens is 2. The topological polar surface area (TPSA) is 25.8 Å². The second-order valence-corrected chi connectivity index (χ2v) is 4.47. The Kier molecular flexibility index (Phi) is 3.49. The fourth-order valence-electron chi connectivity index (χ4n) is 1.58. The van der Waals surface area contributed by atoms with Gasteiger partial charge in [0.1, 0.15) is 5.69 Å². The molecular formula is C13H10ClF3N2. The average Bonchev–Trinajstić information content (AvgIpc) is 2.33. The van der Waals surface area contributed by atoms with Crippen LogP contribution in [0.1, 0.15) is 17.0 Å². The van der Waals surface area contributed by atoms with Crippen molar-refractivity contribution in [3.05, 3.63) is 46.4 Å². The molecule has 0 radical (unpaired) electrons. The maximum absolute atomic E-state index is 12.5. The zero-order valence-electron chi connectivity index (χ0n) is 10.2. The zero-order valence-corrected chi connectivity index (χ0v) is 11.0. The molecule has 0 aliphatic carbocycles. The van der Waals surface area contributed by atoms with Crippen LogP contribution in [-0.2, 0) is 6.18 Å². The minimum absolute atomic E-state index is 0.183. The van der Waals surface area contributed by atoms with Crippen molar-refractivity contribution in [1.82, 2.24) is 9.97 Å². The van der Waals surface area contributed by atoms with Crippen LogP contribution in [0, 0.1) is 13.8 Å². The molecule has 0 saturated carbocycles. The fourth-order valence-corrected chi connectivity index (χ4v) is 1.85. The second-order valence-electron chi connectivity index (χ2n) is 4.11. The van der Waals surface area contributed by atoms with Crippen molar-refractivity contribution < 1.29 is 13.2 Å². The molecule has 100 valence electrons. The Morgan fingerprint density at radius 2 is 1.47 bits per heavy atom. The van der Waals surface area contributed by atoms with Crippen molar-refractivity contribution in [2.45, 2.75) is 20.0 Å². The largest absolute Gasteiger partial charge is 0.416 e. The van der Waals surface area contributed by atoms with Gasteiger partial charge < -0.3 is 0 Å². The molecule has 0 amide bonds. The SMILES string of the molecule is Cc1nc(Cl)c(-c2ccc(C(F)(F)F)cc2)nc1C. The molecule has 0 bridgehead atoms. The first-order chi connectivity index (χ1) is 8.79. The van der Waals surface area contributed by atoms with E-state index in [2.05, 4.69) is 9.97 Å². The molecule has 0 fully saturated rings. The van der Waals surface area contributed by atoms with E-state index in [4.69, 9.17) is 11.6 Å². The predicted molar refractivity (Wildman–Crippen MR) is 67.0 cm³/mol. The van der Waals surface area contributed by atoms with Crippen LogP contribution in [0.5, 0.6) is 0 Å². The minimum Gasteiger partial charge on any atom is -0.248 e. The molecule has 0 spiro atoms. The highest BCUT2D eigenvalue weighted by atomic mass is 35.5. The summed E-state index contributed by atoms with van der Waals surface area (Å²) >= 11 is 5.97. The van der Waals surface area contributed by atoms with E-state index in [0.717, 1.165) is 12.1 Å². The Morgan fingerprint density at radius 3 is 2.00 bits per heavy atom. The van der Waals surface area contributed by atoms with Crippen molar-refractivity contribution in [2.75, 3.05) is 0 Å². The Balaban J connectivity index is 2.46. The summed E-state index contributed by atoms with van der Waals surface area (Å²) in [5.41, 5.74) is 1.58. The van der Waals surface area contributed by atoms with Crippen molar-refractivity contribution >= 4 is 11.6 Å². The number of hydrogen-bond donors (Lipinski definition) is 0. The Bertz CT molecular complexity index is 607. The zero-order chi connectivity index (χ0) is 14.2. The van der Waals surface area contributed by atoms with E-state index in [9.17, 15) is 13.2 Å². The summed E-state index contributed by atoms with van der Waals surface area (Å²) in [5, 5.41) is 0.183. The van der Waals surface area contributed by atoms with Crippen LogP contribution in [0.15, 0.2) is 24.3 Å². The van der Waals surface area contributed by atoms with Crippen molar-refractivity contribution in [2.24, 2.45) is 0 Å². The van der Waals surface area contributed by atoms with E-state index >= 15 is 0 Å². The summed E-state index contributed by atoms with van der Waals surface area (Å²) in [4.78, 5) is 8.36. The summed E-state index contributed by atoms with van der Waals surface area (Å²) in [5.74, 6) is 0. The summed E-state index contributed by atoms with van der Waals surface area (Å²) in [6.45, 7) is 3.54. The summed E-state index contributed by atoms with van der Waals surface area (Å²) < 4.78 is 37.4. The molecule has 0 N–H and O–H groups in total. The maximum Gasteiger partial charge on any atom is 0.416 e. The Hall–Kier alpha value is -1.62. The third-order valence-corrected chi connectivity index (χ3v) is 3.01. The van der Waals surface area contributed by atoms with Gasteiger partial charge in [0.05, 0.1) is 17.0 Å². The molecule has 19 heavy (non-hydrogen) atoms. The Morgan fingerprint density at radius 1 is 0.947 bits per heavy atom. The lowest BCUT2D eigenvalue weighted by Crippen LogP contribution is -2.04. The van der Waals surface area contributed by atoms with Gasteiger partial charge in [-0.25, -0.2) is 9.97 Å². The van der Waals surface area contributed by atoms with Crippen LogP contribution in [0.3, 0.4) is 0 Å². The highest BCUT2D eigenvalue weighted by Gasteiger charge is 2.30. The average molecular weight is 287 g/mol. The van der Waals surface area contributed by atoms with Crippen molar-refractivity contribution in [3.63, 3.8) is 0 Å². The molecule has 0 aliphatic rings. The second kappa shape index (κ2) is 4.81. The number of alkyl halides is 3. The van der Waals surface area contributed by atoms with Gasteiger partial charge >= 0.3 is 6.18 Å². The Labute approximate surface area is 113 Å². The first kappa shape index (κ1) is 13.8. The highest BCUT2D eigenvalue weighted by Crippen LogP contribution is 2.32. The molecule has 1 aromatic carbocycles. The summed E-state index contributed by atoms with van der Waals surface area (Å²) in [6.07, 6.45) is -4.35. The van der Waals surface area contributed by atoms with E-state index in [1.807, 2.05) is 0 Å². The maximum atomic E-state index is 12.5. The van der Waals surface area contributed by atoms with E-state index in [1.165, 1.54) is 12.1 Å². The molecule has 0 saturated heterocycles. The van der Waals surface area contributed by atoms with Gasteiger partial charge in [-0.15, -0.1) is 0 Å². The quantitative estimate of drug-likeness (QED) is 0.775. The van der Waals surface area contributed by atoms with E-state index < -0.39 is 11.7 Å². The molecule has 2 rings (SSSR count). The summed E-state index contributed by atoms with van der Waals surface area (Å²) in [6, 6.07) is 4.69. The van der Waals surface area contributed by atoms with Crippen LogP contribution >= 0.6 is 11.6 Å². The number of hydrogen-bond acceptors (Lipinski definition) is 2. The molecule has 1 aromatic heterocycles. The predicted octanol–water partition coefficient (Wildman–Crippen LogP) is 4.43. The number of halogens is 4. The van der Waals surface area contributed by atoms with E-state index in [1.54, 1.807) is 13.8 Å². The van der Waals surface area contributed by atoms with Crippen LogP contribution in [0.4, 0.5) is 13.2 Å². The van der Waals surface area contributed by atoms with Gasteiger partial charge in [0, 0.05) is 5.56 Å². The smallest absolute Gasteiger partial charge is 0.248 e. The van der Waals surface area contributed by atoms with Crippen LogP contribution in [0.25, 0.3) is 11.3 Å². The van der Waals surface area contributed by atoms with Crippen LogP contribution < -0.4 is 0 Å². The fraction of sp³-hybridized carbons (Fsp3) is 0.231. The molecule has 6 heteroatoms. The van der Waals surface area contributed by atoms with Gasteiger partial charge in [0.2, 0.25) is 0 Å². The molecule has 2 aromatic rings. The minimum atomic E-state index is -4.35. The highest BCUT2D eigenvalue weighted by molar-refractivity contribution is 6.31. The standard InChI is InChI=1S/C13H10ClF3N2/c1-7-8(2)19-12(14)11(18-7)9-3-5-10(6-4-9)13(15,16)17/h3-6H,1-2H3. The van der Waals surface area contributed by atoms with Crippen molar-refractivity contribution in [1.29, 1.82) is 0 Å². The first-order valence-electron chi connectivity index (χ1n) is 5.47. The number of benzene rings is 1. The van der Waals surface area contributed by atoms with Gasteiger partial charge in [-0.05, 0) is 26.0 Å². The van der Waals surface area contributed by atoms with Crippen LogP contribution in [-0.4, -0.2) is 9.97 Å². The molecule has 0 atom stereocenters. The van der Waals surface area contributed by atoms with E-state index in [-0.39, 0.29) is 5.15 Å². The third-order valence-electron chi connectivity index (χ3n) is 2.75. The molecule has 1 heterocycles. The number of nitrogens with zero attached hydrogens (tertiary/aromatic N) is 2.